The minimum absolute atomic E-state index is 0.0438. The maximum Gasteiger partial charge on any atom is 0.235 e. The third kappa shape index (κ3) is 4.27. The first-order valence-corrected chi connectivity index (χ1v) is 7.81. The molecule has 0 heterocycles. The maximum atomic E-state index is 12.0. The Morgan fingerprint density at radius 2 is 1.94 bits per heavy atom. The Balaban J connectivity index is 2.64. The number of rotatable bonds is 4. The first-order valence-electron chi connectivity index (χ1n) is 6.09. The van der Waals surface area contributed by atoms with Gasteiger partial charge in [-0.1, -0.05) is 12.8 Å². The van der Waals surface area contributed by atoms with E-state index in [4.69, 9.17) is 5.73 Å². The average Bonchev–Trinajstić information content (AvgIpc) is 2.15. The van der Waals surface area contributed by atoms with Gasteiger partial charge in [-0.3, -0.25) is 4.79 Å². The first-order chi connectivity index (χ1) is 7.83. The quantitative estimate of drug-likeness (QED) is 0.757. The SMILES string of the molecule is CC(C)NC(=O)CS(=O)(=O)C1CCCCC1N. The zero-order valence-corrected chi connectivity index (χ0v) is 11.3. The summed E-state index contributed by atoms with van der Waals surface area (Å²) < 4.78 is 24.1. The fourth-order valence-corrected chi connectivity index (χ4v) is 4.08. The lowest BCUT2D eigenvalue weighted by atomic mass is 9.96. The number of nitrogens with one attached hydrogen (secondary N) is 1. The van der Waals surface area contributed by atoms with Crippen LogP contribution in [0.5, 0.6) is 0 Å². The highest BCUT2D eigenvalue weighted by Crippen LogP contribution is 2.23. The molecule has 1 fully saturated rings. The van der Waals surface area contributed by atoms with Crippen molar-refractivity contribution in [1.29, 1.82) is 0 Å². The first kappa shape index (κ1) is 14.4. The maximum absolute atomic E-state index is 12.0. The van der Waals surface area contributed by atoms with Crippen LogP contribution < -0.4 is 11.1 Å². The minimum Gasteiger partial charge on any atom is -0.353 e. The van der Waals surface area contributed by atoms with Crippen molar-refractivity contribution in [2.24, 2.45) is 5.73 Å². The molecule has 3 N–H and O–H groups in total. The largest absolute Gasteiger partial charge is 0.353 e. The van der Waals surface area contributed by atoms with Crippen molar-refractivity contribution in [3.8, 4) is 0 Å². The topological polar surface area (TPSA) is 89.3 Å². The molecule has 0 aromatic carbocycles. The highest BCUT2D eigenvalue weighted by atomic mass is 32.2. The van der Waals surface area contributed by atoms with Crippen molar-refractivity contribution < 1.29 is 13.2 Å². The van der Waals surface area contributed by atoms with Gasteiger partial charge in [0.2, 0.25) is 5.91 Å². The molecular formula is C11H22N2O3S. The molecule has 17 heavy (non-hydrogen) atoms. The number of hydrogen-bond acceptors (Lipinski definition) is 4. The van der Waals surface area contributed by atoms with Crippen molar-refractivity contribution in [3.63, 3.8) is 0 Å². The predicted molar refractivity (Wildman–Crippen MR) is 67.3 cm³/mol. The summed E-state index contributed by atoms with van der Waals surface area (Å²) in [5.74, 6) is -0.874. The van der Waals surface area contributed by atoms with Crippen molar-refractivity contribution >= 4 is 15.7 Å². The molecular weight excluding hydrogens is 240 g/mol. The Hall–Kier alpha value is -0.620. The van der Waals surface area contributed by atoms with Crippen LogP contribution in [0, 0.1) is 0 Å². The van der Waals surface area contributed by atoms with Crippen LogP contribution in [0.3, 0.4) is 0 Å². The van der Waals surface area contributed by atoms with E-state index < -0.39 is 26.7 Å². The zero-order valence-electron chi connectivity index (χ0n) is 10.5. The molecule has 0 spiro atoms. The van der Waals surface area contributed by atoms with Gasteiger partial charge in [0.1, 0.15) is 5.75 Å². The molecule has 1 saturated carbocycles. The van der Waals surface area contributed by atoms with Crippen molar-refractivity contribution in [2.75, 3.05) is 5.75 Å². The summed E-state index contributed by atoms with van der Waals surface area (Å²) in [6.45, 7) is 3.60. The number of nitrogens with two attached hydrogens (primary N) is 1. The van der Waals surface area contributed by atoms with Gasteiger partial charge >= 0.3 is 0 Å². The molecule has 2 unspecified atom stereocenters. The minimum atomic E-state index is -3.41. The summed E-state index contributed by atoms with van der Waals surface area (Å²) in [7, 11) is -3.41. The molecule has 1 aliphatic carbocycles. The van der Waals surface area contributed by atoms with Gasteiger partial charge in [-0.25, -0.2) is 8.42 Å². The van der Waals surface area contributed by atoms with E-state index in [1.54, 1.807) is 13.8 Å². The number of carbonyl (C=O) groups excluding carboxylic acids is 1. The van der Waals surface area contributed by atoms with Gasteiger partial charge in [-0.05, 0) is 26.7 Å². The standard InChI is InChI=1S/C11H22N2O3S/c1-8(2)13-11(14)7-17(15,16)10-6-4-3-5-9(10)12/h8-10H,3-7,12H2,1-2H3,(H,13,14). The lowest BCUT2D eigenvalue weighted by Gasteiger charge is -2.28. The van der Waals surface area contributed by atoms with E-state index in [1.165, 1.54) is 0 Å². The van der Waals surface area contributed by atoms with E-state index in [2.05, 4.69) is 5.32 Å². The molecule has 0 aliphatic heterocycles. The van der Waals surface area contributed by atoms with Crippen LogP contribution in [0.25, 0.3) is 0 Å². The molecule has 5 nitrogen and oxygen atoms in total. The van der Waals surface area contributed by atoms with Crippen LogP contribution in [0.1, 0.15) is 39.5 Å². The second kappa shape index (κ2) is 5.82. The predicted octanol–water partition coefficient (Wildman–Crippen LogP) is 0.196. The summed E-state index contributed by atoms with van der Waals surface area (Å²) in [6.07, 6.45) is 3.17. The van der Waals surface area contributed by atoms with E-state index in [-0.39, 0.29) is 12.1 Å². The van der Waals surface area contributed by atoms with E-state index in [9.17, 15) is 13.2 Å². The van der Waals surface area contributed by atoms with Gasteiger partial charge in [0.05, 0.1) is 5.25 Å². The summed E-state index contributed by atoms with van der Waals surface area (Å²) in [5.41, 5.74) is 5.83. The summed E-state index contributed by atoms with van der Waals surface area (Å²) in [6, 6.07) is -0.363. The fraction of sp³-hybridized carbons (Fsp3) is 0.909. The molecule has 1 aliphatic rings. The number of sulfone groups is 1. The van der Waals surface area contributed by atoms with E-state index in [1.807, 2.05) is 0 Å². The lowest BCUT2D eigenvalue weighted by Crippen LogP contribution is -2.46. The second-order valence-electron chi connectivity index (χ2n) is 5.02. The van der Waals surface area contributed by atoms with Gasteiger partial charge in [0.25, 0.3) is 0 Å². The summed E-state index contributed by atoms with van der Waals surface area (Å²) >= 11 is 0. The van der Waals surface area contributed by atoms with Crippen LogP contribution in [-0.4, -0.2) is 37.4 Å². The van der Waals surface area contributed by atoms with Crippen LogP contribution in [-0.2, 0) is 14.6 Å². The normalized spacial score (nSPS) is 25.9. The van der Waals surface area contributed by atoms with Crippen molar-refractivity contribution in [1.82, 2.24) is 5.32 Å². The summed E-state index contributed by atoms with van der Waals surface area (Å²) in [5, 5.41) is 2.05. The van der Waals surface area contributed by atoms with E-state index >= 15 is 0 Å². The number of hydrogen-bond donors (Lipinski definition) is 2. The average molecular weight is 262 g/mol. The molecule has 1 amide bonds. The highest BCUT2D eigenvalue weighted by Gasteiger charge is 2.34. The monoisotopic (exact) mass is 262 g/mol. The molecule has 0 bridgehead atoms. The Bertz CT molecular complexity index is 365. The van der Waals surface area contributed by atoms with Crippen LogP contribution >= 0.6 is 0 Å². The van der Waals surface area contributed by atoms with Gasteiger partial charge in [0, 0.05) is 12.1 Å². The Morgan fingerprint density at radius 3 is 2.47 bits per heavy atom. The Labute approximate surface area is 103 Å². The van der Waals surface area contributed by atoms with Crippen molar-refractivity contribution in [2.45, 2.75) is 56.9 Å². The van der Waals surface area contributed by atoms with Gasteiger partial charge in [0.15, 0.2) is 9.84 Å². The third-order valence-corrected chi connectivity index (χ3v) is 5.17. The third-order valence-electron chi connectivity index (χ3n) is 3.00. The molecule has 0 radical (unpaired) electrons. The number of amides is 1. The smallest absolute Gasteiger partial charge is 0.235 e. The molecule has 0 aromatic rings. The van der Waals surface area contributed by atoms with Crippen molar-refractivity contribution in [3.05, 3.63) is 0 Å². The highest BCUT2D eigenvalue weighted by molar-refractivity contribution is 7.92. The molecule has 6 heteroatoms. The van der Waals surface area contributed by atoms with Crippen LogP contribution in [0.15, 0.2) is 0 Å². The Kier molecular flexibility index (Phi) is 4.94. The molecule has 2 atom stereocenters. The van der Waals surface area contributed by atoms with E-state index in [0.29, 0.717) is 6.42 Å². The molecule has 100 valence electrons. The lowest BCUT2D eigenvalue weighted by molar-refractivity contribution is -0.119. The summed E-state index contributed by atoms with van der Waals surface area (Å²) in [4.78, 5) is 11.5. The fourth-order valence-electron chi connectivity index (χ4n) is 2.22. The zero-order chi connectivity index (χ0) is 13.1. The second-order valence-corrected chi connectivity index (χ2v) is 7.24. The molecule has 0 aromatic heterocycles. The van der Waals surface area contributed by atoms with Crippen LogP contribution in [0.4, 0.5) is 0 Å². The van der Waals surface area contributed by atoms with Gasteiger partial charge < -0.3 is 11.1 Å². The molecule has 1 rings (SSSR count). The number of carbonyl (C=O) groups is 1. The van der Waals surface area contributed by atoms with Gasteiger partial charge in [-0.15, -0.1) is 0 Å². The van der Waals surface area contributed by atoms with Crippen LogP contribution in [0.2, 0.25) is 0 Å². The van der Waals surface area contributed by atoms with Gasteiger partial charge in [-0.2, -0.15) is 0 Å². The Morgan fingerprint density at radius 1 is 1.35 bits per heavy atom. The van der Waals surface area contributed by atoms with E-state index in [0.717, 1.165) is 19.3 Å². The molecule has 0 saturated heterocycles.